The Morgan fingerprint density at radius 3 is 1.76 bits per heavy atom. The molecule has 7 rings (SSSR count). The molecule has 1 heteroatoms. The Morgan fingerprint density at radius 2 is 1.00 bits per heavy atom. The molecule has 2 aliphatic rings. The summed E-state index contributed by atoms with van der Waals surface area (Å²) in [6.07, 6.45) is 2.42. The lowest BCUT2D eigenvalue weighted by molar-refractivity contribution is 0.332. The summed E-state index contributed by atoms with van der Waals surface area (Å²) in [5.74, 6) is 0. The molecule has 5 aromatic rings. The molecule has 0 aromatic heterocycles. The van der Waals surface area contributed by atoms with Gasteiger partial charge in [0.2, 0.25) is 0 Å². The maximum Gasteiger partial charge on any atom is 0.0467 e. The van der Waals surface area contributed by atoms with Crippen molar-refractivity contribution < 1.29 is 0 Å². The molecule has 0 amide bonds. The number of fused-ring (bicyclic) bond motifs is 4. The molecule has 0 fully saturated rings. The number of hydrogen-bond acceptors (Lipinski definition) is 1. The van der Waals surface area contributed by atoms with E-state index in [4.69, 9.17) is 0 Å². The van der Waals surface area contributed by atoms with Crippen LogP contribution in [0.5, 0.6) is 0 Å². The Morgan fingerprint density at radius 1 is 0.429 bits per heavy atom. The van der Waals surface area contributed by atoms with Crippen LogP contribution in [-0.2, 0) is 16.2 Å². The van der Waals surface area contributed by atoms with Crippen LogP contribution in [0.3, 0.4) is 0 Å². The van der Waals surface area contributed by atoms with Crippen molar-refractivity contribution in [2.45, 2.75) is 70.6 Å². The second-order valence-electron chi connectivity index (χ2n) is 14.1. The topological polar surface area (TPSA) is 3.24 Å². The van der Waals surface area contributed by atoms with E-state index in [0.717, 1.165) is 0 Å². The van der Waals surface area contributed by atoms with Crippen molar-refractivity contribution in [3.63, 3.8) is 0 Å². The fraction of sp³-hybridized carbons (Fsp3) is 0.268. The summed E-state index contributed by atoms with van der Waals surface area (Å²) in [6.45, 7) is 14.4. The molecular weight excluding hydrogens is 506 g/mol. The molecule has 0 heterocycles. The van der Waals surface area contributed by atoms with Gasteiger partial charge >= 0.3 is 0 Å². The molecule has 0 N–H and O–H groups in total. The van der Waals surface area contributed by atoms with Crippen LogP contribution < -0.4 is 4.90 Å². The van der Waals surface area contributed by atoms with Crippen LogP contribution in [0.15, 0.2) is 115 Å². The fourth-order valence-corrected chi connectivity index (χ4v) is 7.45. The normalized spacial score (nSPS) is 17.2. The Hall–Kier alpha value is -4.10. The van der Waals surface area contributed by atoms with Crippen molar-refractivity contribution in [2.75, 3.05) is 4.90 Å². The maximum atomic E-state index is 2.48. The van der Waals surface area contributed by atoms with E-state index >= 15 is 0 Å². The average Bonchev–Trinajstić information content (AvgIpc) is 3.22. The van der Waals surface area contributed by atoms with Gasteiger partial charge < -0.3 is 4.90 Å². The van der Waals surface area contributed by atoms with Crippen LogP contribution in [0.2, 0.25) is 0 Å². The largest absolute Gasteiger partial charge is 0.310 e. The highest BCUT2D eigenvalue weighted by Crippen LogP contribution is 2.52. The zero-order chi connectivity index (χ0) is 29.3. The van der Waals surface area contributed by atoms with Gasteiger partial charge in [-0.1, -0.05) is 120 Å². The first-order valence-electron chi connectivity index (χ1n) is 15.4. The van der Waals surface area contributed by atoms with E-state index in [1.165, 1.54) is 74.4 Å². The van der Waals surface area contributed by atoms with Crippen molar-refractivity contribution in [2.24, 2.45) is 0 Å². The second-order valence-corrected chi connectivity index (χ2v) is 14.1. The van der Waals surface area contributed by atoms with Crippen LogP contribution >= 0.6 is 0 Å². The van der Waals surface area contributed by atoms with Gasteiger partial charge in [-0.2, -0.15) is 0 Å². The molecule has 0 radical (unpaired) electrons. The lowest BCUT2D eigenvalue weighted by Crippen LogP contribution is -2.34. The van der Waals surface area contributed by atoms with E-state index in [9.17, 15) is 0 Å². The second kappa shape index (κ2) is 9.46. The van der Waals surface area contributed by atoms with Crippen LogP contribution in [-0.4, -0.2) is 0 Å². The molecule has 0 saturated carbocycles. The van der Waals surface area contributed by atoms with E-state index in [2.05, 4.69) is 162 Å². The van der Waals surface area contributed by atoms with E-state index in [1.54, 1.807) is 0 Å². The molecule has 0 unspecified atom stereocenters. The minimum absolute atomic E-state index is 0.0542. The van der Waals surface area contributed by atoms with Gasteiger partial charge in [-0.05, 0) is 105 Å². The summed E-state index contributed by atoms with van der Waals surface area (Å²) in [5.41, 5.74) is 14.8. The molecule has 210 valence electrons. The van der Waals surface area contributed by atoms with Crippen molar-refractivity contribution >= 4 is 17.1 Å². The van der Waals surface area contributed by atoms with Crippen molar-refractivity contribution in [1.29, 1.82) is 0 Å². The Kier molecular flexibility index (Phi) is 6.03. The first kappa shape index (κ1) is 26.8. The van der Waals surface area contributed by atoms with Crippen molar-refractivity contribution in [1.82, 2.24) is 0 Å². The molecule has 1 nitrogen and oxygen atoms in total. The number of rotatable bonds is 4. The Bertz CT molecular complexity index is 1800. The van der Waals surface area contributed by atoms with Gasteiger partial charge in [0.15, 0.2) is 0 Å². The van der Waals surface area contributed by atoms with Crippen LogP contribution in [0, 0.1) is 0 Å². The Labute approximate surface area is 251 Å². The number of hydrogen-bond donors (Lipinski definition) is 0. The average molecular weight is 548 g/mol. The van der Waals surface area contributed by atoms with E-state index in [-0.39, 0.29) is 16.2 Å². The van der Waals surface area contributed by atoms with Gasteiger partial charge in [0, 0.05) is 22.5 Å². The van der Waals surface area contributed by atoms with E-state index in [1.807, 2.05) is 0 Å². The van der Waals surface area contributed by atoms with Gasteiger partial charge in [-0.15, -0.1) is 0 Å². The molecule has 0 atom stereocenters. The Balaban J connectivity index is 1.44. The van der Waals surface area contributed by atoms with Gasteiger partial charge in [0.1, 0.15) is 0 Å². The molecule has 0 spiro atoms. The zero-order valence-corrected chi connectivity index (χ0v) is 25.8. The molecular formula is C41H41N. The zero-order valence-electron chi connectivity index (χ0n) is 25.8. The van der Waals surface area contributed by atoms with E-state index < -0.39 is 0 Å². The molecule has 5 aromatic carbocycles. The number of benzene rings is 5. The quantitative estimate of drug-likeness (QED) is 0.216. The predicted octanol–water partition coefficient (Wildman–Crippen LogP) is 11.5. The SMILES string of the molecule is CC1(C)CCC(C)(C)c2cc(N(c3cccc(-c4ccccc4)c3)c3ccc4c(c3)C(C)(C)c3ccccc3-4)ccc21. The minimum atomic E-state index is -0.0542. The highest BCUT2D eigenvalue weighted by Gasteiger charge is 2.38. The first-order chi connectivity index (χ1) is 20.1. The third-order valence-electron chi connectivity index (χ3n) is 10.1. The summed E-state index contributed by atoms with van der Waals surface area (Å²) < 4.78 is 0. The maximum absolute atomic E-state index is 2.48. The van der Waals surface area contributed by atoms with Gasteiger partial charge in [-0.3, -0.25) is 0 Å². The van der Waals surface area contributed by atoms with Crippen LogP contribution in [0.25, 0.3) is 22.3 Å². The third kappa shape index (κ3) is 4.21. The van der Waals surface area contributed by atoms with Gasteiger partial charge in [0.05, 0.1) is 0 Å². The summed E-state index contributed by atoms with van der Waals surface area (Å²) in [6, 6.07) is 43.0. The lowest BCUT2D eigenvalue weighted by Gasteiger charge is -2.42. The molecule has 0 bridgehead atoms. The lowest BCUT2D eigenvalue weighted by atomic mass is 9.63. The monoisotopic (exact) mass is 547 g/mol. The standard InChI is InChI=1S/C41H41N/c1-39(2)23-24-40(3,4)38-27-32(20-22-36(38)39)42(30-16-12-15-29(25-30)28-13-8-7-9-14-28)31-19-21-34-33-17-10-11-18-35(33)41(5,6)37(34)26-31/h7-22,25-27H,23-24H2,1-6H3. The highest BCUT2D eigenvalue weighted by molar-refractivity contribution is 5.86. The summed E-state index contributed by atoms with van der Waals surface area (Å²) in [5, 5.41) is 0. The smallest absolute Gasteiger partial charge is 0.0467 e. The number of nitrogens with zero attached hydrogens (tertiary/aromatic N) is 1. The highest BCUT2D eigenvalue weighted by atomic mass is 15.1. The summed E-state index contributed by atoms with van der Waals surface area (Å²) in [7, 11) is 0. The van der Waals surface area contributed by atoms with Gasteiger partial charge in [0.25, 0.3) is 0 Å². The van der Waals surface area contributed by atoms with Crippen LogP contribution in [0.4, 0.5) is 17.1 Å². The first-order valence-corrected chi connectivity index (χ1v) is 15.4. The third-order valence-corrected chi connectivity index (χ3v) is 10.1. The summed E-state index contributed by atoms with van der Waals surface area (Å²) in [4.78, 5) is 2.48. The number of anilines is 3. The predicted molar refractivity (Wildman–Crippen MR) is 179 cm³/mol. The van der Waals surface area contributed by atoms with Crippen LogP contribution in [0.1, 0.15) is 76.6 Å². The molecule has 0 aliphatic heterocycles. The van der Waals surface area contributed by atoms with Crippen molar-refractivity contribution in [3.8, 4) is 22.3 Å². The molecule has 42 heavy (non-hydrogen) atoms. The molecule has 0 saturated heterocycles. The summed E-state index contributed by atoms with van der Waals surface area (Å²) >= 11 is 0. The van der Waals surface area contributed by atoms with E-state index in [0.29, 0.717) is 0 Å². The fourth-order valence-electron chi connectivity index (χ4n) is 7.45. The minimum Gasteiger partial charge on any atom is -0.310 e. The van der Waals surface area contributed by atoms with Gasteiger partial charge in [-0.25, -0.2) is 0 Å². The van der Waals surface area contributed by atoms with Crippen molar-refractivity contribution in [3.05, 3.63) is 138 Å². The molecule has 2 aliphatic carbocycles.